The van der Waals surface area contributed by atoms with Gasteiger partial charge in [-0.2, -0.15) is 0 Å². The van der Waals surface area contributed by atoms with E-state index in [1.807, 2.05) is 6.08 Å². The van der Waals surface area contributed by atoms with Crippen molar-refractivity contribution in [2.45, 2.75) is 45.6 Å². The molecule has 0 fully saturated rings. The molecule has 2 aromatic carbocycles. The molecule has 0 spiro atoms. The lowest BCUT2D eigenvalue weighted by molar-refractivity contribution is 0.154. The molecule has 0 saturated heterocycles. The van der Waals surface area contributed by atoms with E-state index in [-0.39, 0.29) is 0 Å². The van der Waals surface area contributed by atoms with Gasteiger partial charge in [-0.3, -0.25) is 4.90 Å². The van der Waals surface area contributed by atoms with Gasteiger partial charge in [0.15, 0.2) is 0 Å². The van der Waals surface area contributed by atoms with Gasteiger partial charge >= 0.3 is 0 Å². The van der Waals surface area contributed by atoms with E-state index in [9.17, 15) is 0 Å². The summed E-state index contributed by atoms with van der Waals surface area (Å²) in [6.07, 6.45) is 6.50. The Morgan fingerprint density at radius 2 is 1.63 bits per heavy atom. The first-order valence-electron chi connectivity index (χ1n) is 10.3. The highest BCUT2D eigenvalue weighted by Crippen LogP contribution is 2.29. The summed E-state index contributed by atoms with van der Waals surface area (Å²) in [5.74, 6) is 0. The third kappa shape index (κ3) is 7.32. The molecule has 0 aliphatic rings. The minimum Gasteiger partial charge on any atom is -0.377 e. The first-order chi connectivity index (χ1) is 13.3. The van der Waals surface area contributed by atoms with Crippen molar-refractivity contribution in [3.63, 3.8) is 0 Å². The topological polar surface area (TPSA) is 12.5 Å². The molecule has 27 heavy (non-hydrogen) atoms. The maximum atomic E-state index is 5.50. The van der Waals surface area contributed by atoms with E-state index in [1.165, 1.54) is 29.5 Å². The van der Waals surface area contributed by atoms with Crippen LogP contribution in [0.5, 0.6) is 0 Å². The number of aryl methyl sites for hydroxylation is 1. The van der Waals surface area contributed by atoms with Crippen LogP contribution < -0.4 is 0 Å². The predicted molar refractivity (Wildman–Crippen MR) is 116 cm³/mol. The van der Waals surface area contributed by atoms with E-state index in [0.29, 0.717) is 12.6 Å². The van der Waals surface area contributed by atoms with Crippen molar-refractivity contribution < 1.29 is 4.74 Å². The van der Waals surface area contributed by atoms with Crippen molar-refractivity contribution in [2.24, 2.45) is 0 Å². The molecule has 0 N–H and O–H groups in total. The third-order valence-corrected chi connectivity index (χ3v) is 4.85. The summed E-state index contributed by atoms with van der Waals surface area (Å²) in [5, 5.41) is 0. The largest absolute Gasteiger partial charge is 0.377 e. The van der Waals surface area contributed by atoms with Crippen LogP contribution in [0.25, 0.3) is 0 Å². The maximum Gasteiger partial charge on any atom is 0.0644 e. The van der Waals surface area contributed by atoms with E-state index in [1.54, 1.807) is 0 Å². The van der Waals surface area contributed by atoms with Crippen LogP contribution in [0.3, 0.4) is 0 Å². The number of unbranched alkanes of at least 4 members (excludes halogenated alkanes) is 2. The Morgan fingerprint density at radius 3 is 2.30 bits per heavy atom. The average Bonchev–Trinajstić information content (AvgIpc) is 2.70. The van der Waals surface area contributed by atoms with Gasteiger partial charge in [-0.15, -0.1) is 6.58 Å². The minimum absolute atomic E-state index is 0.323. The average molecular weight is 366 g/mol. The quantitative estimate of drug-likeness (QED) is 0.311. The second-order valence-electron chi connectivity index (χ2n) is 7.18. The van der Waals surface area contributed by atoms with E-state index in [2.05, 4.69) is 79.9 Å². The maximum absolute atomic E-state index is 5.50. The summed E-state index contributed by atoms with van der Waals surface area (Å²) >= 11 is 0. The molecule has 146 valence electrons. The third-order valence-electron chi connectivity index (χ3n) is 4.85. The van der Waals surface area contributed by atoms with Crippen LogP contribution in [-0.2, 0) is 4.74 Å². The molecule has 0 aromatic heterocycles. The summed E-state index contributed by atoms with van der Waals surface area (Å²) < 4.78 is 5.50. The van der Waals surface area contributed by atoms with Gasteiger partial charge in [-0.25, -0.2) is 0 Å². The highest BCUT2D eigenvalue weighted by Gasteiger charge is 2.21. The second kappa shape index (κ2) is 12.5. The first-order valence-corrected chi connectivity index (χ1v) is 10.3. The number of nitrogens with zero attached hydrogens (tertiary/aromatic N) is 1. The molecule has 2 aromatic rings. The zero-order valence-corrected chi connectivity index (χ0v) is 17.1. The van der Waals surface area contributed by atoms with Gasteiger partial charge < -0.3 is 4.74 Å². The van der Waals surface area contributed by atoms with Gasteiger partial charge in [-0.1, -0.05) is 73.2 Å². The van der Waals surface area contributed by atoms with Crippen molar-refractivity contribution in [3.8, 4) is 0 Å². The van der Waals surface area contributed by atoms with Gasteiger partial charge in [-0.05, 0) is 56.8 Å². The molecule has 0 radical (unpaired) electrons. The van der Waals surface area contributed by atoms with Crippen LogP contribution in [-0.4, -0.2) is 31.2 Å². The second-order valence-corrected chi connectivity index (χ2v) is 7.18. The van der Waals surface area contributed by atoms with E-state index in [0.717, 1.165) is 32.5 Å². The highest BCUT2D eigenvalue weighted by molar-refractivity contribution is 5.33. The van der Waals surface area contributed by atoms with Gasteiger partial charge in [0.05, 0.1) is 12.6 Å². The van der Waals surface area contributed by atoms with E-state index in [4.69, 9.17) is 4.74 Å². The molecule has 0 heterocycles. The van der Waals surface area contributed by atoms with E-state index >= 15 is 0 Å². The van der Waals surface area contributed by atoms with Crippen LogP contribution in [0, 0.1) is 6.92 Å². The van der Waals surface area contributed by atoms with E-state index < -0.39 is 0 Å². The first kappa shape index (κ1) is 21.4. The summed E-state index contributed by atoms with van der Waals surface area (Å²) in [7, 11) is 0. The fraction of sp³-hybridized carbons (Fsp3) is 0.440. The van der Waals surface area contributed by atoms with Gasteiger partial charge in [0.2, 0.25) is 0 Å². The highest BCUT2D eigenvalue weighted by atomic mass is 16.5. The molecular weight excluding hydrogens is 330 g/mol. The van der Waals surface area contributed by atoms with Crippen molar-refractivity contribution in [2.75, 3.05) is 26.3 Å². The van der Waals surface area contributed by atoms with Crippen LogP contribution >= 0.6 is 0 Å². The molecule has 0 aliphatic carbocycles. The molecule has 0 aliphatic heterocycles. The molecule has 0 bridgehead atoms. The lowest BCUT2D eigenvalue weighted by atomic mass is 9.95. The minimum atomic E-state index is 0.323. The molecule has 2 heteroatoms. The summed E-state index contributed by atoms with van der Waals surface area (Å²) in [6.45, 7) is 11.8. The Balaban J connectivity index is 2.07. The molecular formula is C25H35NO. The normalized spacial score (nSPS) is 12.3. The summed E-state index contributed by atoms with van der Waals surface area (Å²) in [5.41, 5.74) is 4.07. The number of hydrogen-bond donors (Lipinski definition) is 0. The van der Waals surface area contributed by atoms with Gasteiger partial charge in [0.1, 0.15) is 0 Å². The zero-order chi connectivity index (χ0) is 19.3. The smallest absolute Gasteiger partial charge is 0.0644 e. The van der Waals surface area contributed by atoms with Crippen molar-refractivity contribution in [1.29, 1.82) is 0 Å². The number of hydrogen-bond acceptors (Lipinski definition) is 2. The lowest BCUT2D eigenvalue weighted by Crippen LogP contribution is -2.31. The van der Waals surface area contributed by atoms with Gasteiger partial charge in [0.25, 0.3) is 0 Å². The Hall–Kier alpha value is -1.90. The van der Waals surface area contributed by atoms with Crippen molar-refractivity contribution in [3.05, 3.63) is 83.9 Å². The fourth-order valence-corrected chi connectivity index (χ4v) is 3.52. The summed E-state index contributed by atoms with van der Waals surface area (Å²) in [4.78, 5) is 2.64. The molecule has 2 nitrogen and oxygen atoms in total. The van der Waals surface area contributed by atoms with Crippen molar-refractivity contribution in [1.82, 2.24) is 4.90 Å². The van der Waals surface area contributed by atoms with Crippen LogP contribution in [0.2, 0.25) is 0 Å². The fourth-order valence-electron chi connectivity index (χ4n) is 3.52. The Labute approximate surface area is 165 Å². The standard InChI is InChI=1S/C25H35NO/c1-4-18-26(19-10-7-11-21-27-20-5-2)25(23-12-8-6-9-13-23)24-16-14-22(3)15-17-24/h5-6,8-9,12-17,25H,2,4,7,10-11,18-21H2,1,3H3. The lowest BCUT2D eigenvalue weighted by Gasteiger charge is -2.32. The Morgan fingerprint density at radius 1 is 0.926 bits per heavy atom. The number of rotatable bonds is 13. The molecule has 1 atom stereocenters. The Kier molecular flexibility index (Phi) is 9.89. The zero-order valence-electron chi connectivity index (χ0n) is 17.1. The van der Waals surface area contributed by atoms with Crippen LogP contribution in [0.4, 0.5) is 0 Å². The van der Waals surface area contributed by atoms with Crippen molar-refractivity contribution >= 4 is 0 Å². The Bertz CT molecular complexity index is 635. The molecule has 0 saturated carbocycles. The SMILES string of the molecule is C=CCOCCCCCN(CCC)C(c1ccccc1)c1ccc(C)cc1. The molecule has 1 unspecified atom stereocenters. The summed E-state index contributed by atoms with van der Waals surface area (Å²) in [6, 6.07) is 20.3. The van der Waals surface area contributed by atoms with Crippen LogP contribution in [0.15, 0.2) is 67.3 Å². The van der Waals surface area contributed by atoms with Gasteiger partial charge in [0, 0.05) is 6.61 Å². The monoisotopic (exact) mass is 365 g/mol. The number of ether oxygens (including phenoxy) is 1. The molecule has 0 amide bonds. The molecule has 2 rings (SSSR count). The number of benzene rings is 2. The van der Waals surface area contributed by atoms with Crippen LogP contribution in [0.1, 0.15) is 55.3 Å². The predicted octanol–water partition coefficient (Wildman–Crippen LogP) is 6.17.